The van der Waals surface area contributed by atoms with Gasteiger partial charge in [-0.05, 0) is 55.3 Å². The summed E-state index contributed by atoms with van der Waals surface area (Å²) < 4.78 is 5.68. The number of anilines is 1. The number of carboxylic acid groups (broad SMARTS) is 1. The van der Waals surface area contributed by atoms with Crippen molar-refractivity contribution in [1.29, 1.82) is 0 Å². The van der Waals surface area contributed by atoms with Crippen LogP contribution in [0.3, 0.4) is 0 Å². The zero-order valence-electron chi connectivity index (χ0n) is 15.3. The minimum absolute atomic E-state index is 0.145. The van der Waals surface area contributed by atoms with Crippen molar-refractivity contribution in [3.63, 3.8) is 0 Å². The van der Waals surface area contributed by atoms with Gasteiger partial charge in [-0.2, -0.15) is 0 Å². The summed E-state index contributed by atoms with van der Waals surface area (Å²) in [6.45, 7) is 8.17. The van der Waals surface area contributed by atoms with Crippen molar-refractivity contribution >= 4 is 35.5 Å². The van der Waals surface area contributed by atoms with Crippen molar-refractivity contribution in [1.82, 2.24) is 4.98 Å². The standard InChI is InChI=1S/C22H20N2O4/c1-3-16-17(21(25)23-15-10-8-14(9-11-15)22(26)27)13-19(24-18(16)4-2)20-7-5-6-12-28-20/h3-4,7-11,13H,1-2,5-6,12H2,(H,23,25)(H,26,27). The molecule has 0 saturated heterocycles. The molecule has 0 aliphatic carbocycles. The van der Waals surface area contributed by atoms with Gasteiger partial charge in [-0.1, -0.05) is 19.2 Å². The Morgan fingerprint density at radius 2 is 1.93 bits per heavy atom. The van der Waals surface area contributed by atoms with Gasteiger partial charge < -0.3 is 15.2 Å². The van der Waals surface area contributed by atoms with Crippen LogP contribution in [0.5, 0.6) is 0 Å². The average Bonchev–Trinajstić information content (AvgIpc) is 2.73. The number of pyridine rings is 1. The van der Waals surface area contributed by atoms with E-state index < -0.39 is 5.97 Å². The highest BCUT2D eigenvalue weighted by Crippen LogP contribution is 2.26. The van der Waals surface area contributed by atoms with E-state index in [4.69, 9.17) is 9.84 Å². The van der Waals surface area contributed by atoms with Crippen molar-refractivity contribution < 1.29 is 19.4 Å². The van der Waals surface area contributed by atoms with Gasteiger partial charge in [0.05, 0.1) is 23.4 Å². The van der Waals surface area contributed by atoms with Crippen LogP contribution in [0, 0.1) is 0 Å². The summed E-state index contributed by atoms with van der Waals surface area (Å²) in [4.78, 5) is 28.4. The Morgan fingerprint density at radius 3 is 2.50 bits per heavy atom. The van der Waals surface area contributed by atoms with Gasteiger partial charge in [0.15, 0.2) is 0 Å². The number of carbonyl (C=O) groups excluding carboxylic acids is 1. The lowest BCUT2D eigenvalue weighted by molar-refractivity contribution is 0.0696. The molecule has 0 spiro atoms. The molecule has 2 N–H and O–H groups in total. The van der Waals surface area contributed by atoms with E-state index in [1.807, 2.05) is 6.08 Å². The number of ether oxygens (including phenoxy) is 1. The van der Waals surface area contributed by atoms with Crippen LogP contribution in [0.4, 0.5) is 5.69 Å². The molecule has 1 aromatic heterocycles. The Kier molecular flexibility index (Phi) is 5.69. The van der Waals surface area contributed by atoms with E-state index in [2.05, 4.69) is 23.5 Å². The third-order valence-electron chi connectivity index (χ3n) is 4.31. The Balaban J connectivity index is 1.97. The van der Waals surface area contributed by atoms with E-state index in [-0.39, 0.29) is 11.5 Å². The SMILES string of the molecule is C=Cc1nc(C2=CCCCO2)cc(C(=O)Nc2ccc(C(=O)O)cc2)c1C=C. The third-order valence-corrected chi connectivity index (χ3v) is 4.31. The molecular formula is C22H20N2O4. The van der Waals surface area contributed by atoms with Crippen LogP contribution < -0.4 is 5.32 Å². The Morgan fingerprint density at radius 1 is 1.18 bits per heavy atom. The number of nitrogens with zero attached hydrogens (tertiary/aromatic N) is 1. The Hall–Kier alpha value is -3.67. The lowest BCUT2D eigenvalue weighted by Crippen LogP contribution is -2.16. The van der Waals surface area contributed by atoms with Crippen LogP contribution in [0.2, 0.25) is 0 Å². The molecule has 1 aliphatic rings. The fourth-order valence-electron chi connectivity index (χ4n) is 2.89. The molecule has 1 aromatic carbocycles. The van der Waals surface area contributed by atoms with Gasteiger partial charge in [0.1, 0.15) is 11.5 Å². The normalized spacial score (nSPS) is 13.1. The minimum atomic E-state index is -1.03. The van der Waals surface area contributed by atoms with Gasteiger partial charge in [0.2, 0.25) is 0 Å². The fourth-order valence-corrected chi connectivity index (χ4v) is 2.89. The summed E-state index contributed by atoms with van der Waals surface area (Å²) in [6, 6.07) is 7.61. The molecule has 0 bridgehead atoms. The molecule has 6 heteroatoms. The summed E-state index contributed by atoms with van der Waals surface area (Å²) in [5, 5.41) is 11.8. The molecule has 0 fully saturated rings. The number of hydrogen-bond donors (Lipinski definition) is 2. The highest BCUT2D eigenvalue weighted by molar-refractivity contribution is 6.07. The number of aromatic carboxylic acids is 1. The number of carboxylic acids is 1. The van der Waals surface area contributed by atoms with Crippen LogP contribution in [-0.2, 0) is 4.74 Å². The maximum atomic E-state index is 12.9. The van der Waals surface area contributed by atoms with E-state index in [9.17, 15) is 9.59 Å². The van der Waals surface area contributed by atoms with Gasteiger partial charge in [-0.15, -0.1) is 0 Å². The molecule has 1 aliphatic heterocycles. The van der Waals surface area contributed by atoms with Crippen molar-refractivity contribution in [2.24, 2.45) is 0 Å². The van der Waals surface area contributed by atoms with E-state index in [1.54, 1.807) is 18.2 Å². The number of carbonyl (C=O) groups is 2. The molecule has 0 atom stereocenters. The maximum absolute atomic E-state index is 12.9. The average molecular weight is 376 g/mol. The molecule has 28 heavy (non-hydrogen) atoms. The van der Waals surface area contributed by atoms with Gasteiger partial charge >= 0.3 is 5.97 Å². The molecule has 0 radical (unpaired) electrons. The van der Waals surface area contributed by atoms with Crippen LogP contribution in [0.25, 0.3) is 17.9 Å². The van der Waals surface area contributed by atoms with Crippen LogP contribution in [0.1, 0.15) is 50.5 Å². The lowest BCUT2D eigenvalue weighted by Gasteiger charge is -2.17. The first kappa shape index (κ1) is 19.1. The van der Waals surface area contributed by atoms with Crippen LogP contribution in [-0.4, -0.2) is 28.6 Å². The molecule has 0 saturated carbocycles. The summed E-state index contributed by atoms with van der Waals surface area (Å²) >= 11 is 0. The number of nitrogens with one attached hydrogen (secondary N) is 1. The first-order valence-corrected chi connectivity index (χ1v) is 8.81. The Labute approximate surface area is 162 Å². The molecule has 142 valence electrons. The maximum Gasteiger partial charge on any atom is 0.335 e. The fraction of sp³-hybridized carbons (Fsp3) is 0.136. The summed E-state index contributed by atoms with van der Waals surface area (Å²) in [5.74, 6) is -0.743. The predicted molar refractivity (Wildman–Crippen MR) is 109 cm³/mol. The number of allylic oxidation sites excluding steroid dienone is 1. The predicted octanol–water partition coefficient (Wildman–Crippen LogP) is 4.47. The van der Waals surface area contributed by atoms with E-state index in [1.165, 1.54) is 24.3 Å². The van der Waals surface area contributed by atoms with E-state index in [0.717, 1.165) is 12.8 Å². The van der Waals surface area contributed by atoms with E-state index >= 15 is 0 Å². The van der Waals surface area contributed by atoms with Crippen LogP contribution >= 0.6 is 0 Å². The second-order valence-electron chi connectivity index (χ2n) is 6.16. The molecule has 2 heterocycles. The first-order chi connectivity index (χ1) is 13.5. The smallest absolute Gasteiger partial charge is 0.335 e. The molecule has 3 rings (SSSR count). The number of aromatic nitrogens is 1. The van der Waals surface area contributed by atoms with Gasteiger partial charge in [0, 0.05) is 11.3 Å². The highest BCUT2D eigenvalue weighted by Gasteiger charge is 2.19. The van der Waals surface area contributed by atoms with Gasteiger partial charge in [-0.25, -0.2) is 9.78 Å². The zero-order valence-corrected chi connectivity index (χ0v) is 15.3. The second-order valence-corrected chi connectivity index (χ2v) is 6.16. The largest absolute Gasteiger partial charge is 0.492 e. The van der Waals surface area contributed by atoms with Crippen molar-refractivity contribution in [3.8, 4) is 0 Å². The van der Waals surface area contributed by atoms with Crippen molar-refractivity contribution in [2.75, 3.05) is 11.9 Å². The topological polar surface area (TPSA) is 88.5 Å². The summed E-state index contributed by atoms with van der Waals surface area (Å²) in [5.41, 5.74) is 2.67. The number of amides is 1. The number of hydrogen-bond acceptors (Lipinski definition) is 4. The lowest BCUT2D eigenvalue weighted by atomic mass is 10.0. The molecule has 2 aromatic rings. The van der Waals surface area contributed by atoms with Crippen molar-refractivity contribution in [2.45, 2.75) is 12.8 Å². The van der Waals surface area contributed by atoms with Crippen LogP contribution in [0.15, 0.2) is 49.6 Å². The second kappa shape index (κ2) is 8.35. The molecule has 0 unspecified atom stereocenters. The van der Waals surface area contributed by atoms with Gasteiger partial charge in [0.25, 0.3) is 5.91 Å². The third kappa shape index (κ3) is 4.01. The Bertz CT molecular complexity index is 975. The zero-order chi connectivity index (χ0) is 20.1. The van der Waals surface area contributed by atoms with Gasteiger partial charge in [-0.3, -0.25) is 4.79 Å². The minimum Gasteiger partial charge on any atom is -0.492 e. The van der Waals surface area contributed by atoms with E-state index in [0.29, 0.717) is 40.6 Å². The molecule has 1 amide bonds. The monoisotopic (exact) mass is 376 g/mol. The quantitative estimate of drug-likeness (QED) is 0.776. The molecule has 6 nitrogen and oxygen atoms in total. The summed E-state index contributed by atoms with van der Waals surface area (Å²) in [6.07, 6.45) is 6.93. The highest BCUT2D eigenvalue weighted by atomic mass is 16.5. The number of rotatable bonds is 6. The summed E-state index contributed by atoms with van der Waals surface area (Å²) in [7, 11) is 0. The van der Waals surface area contributed by atoms with Crippen molar-refractivity contribution in [3.05, 3.63) is 77.6 Å². The number of benzene rings is 1. The molecular weight excluding hydrogens is 356 g/mol. The first-order valence-electron chi connectivity index (χ1n) is 8.81.